The first kappa shape index (κ1) is 23.3. The lowest BCUT2D eigenvalue weighted by Gasteiger charge is -2.34. The Morgan fingerprint density at radius 3 is 2.44 bits per heavy atom. The van der Waals surface area contributed by atoms with E-state index < -0.39 is 0 Å². The number of aromatic nitrogens is 3. The predicted molar refractivity (Wildman–Crippen MR) is 140 cm³/mol. The molecule has 0 atom stereocenters. The molecule has 4 aromatic rings. The number of rotatable bonds is 5. The number of carbonyl (C=O) groups excluding carboxylic acids is 1. The molecular formula is C27H28N6O3. The normalized spacial score (nSPS) is 13.5. The van der Waals surface area contributed by atoms with Crippen molar-refractivity contribution >= 4 is 28.7 Å². The van der Waals surface area contributed by atoms with Crippen LogP contribution in [0.1, 0.15) is 5.56 Å². The molecule has 1 aliphatic rings. The van der Waals surface area contributed by atoms with Crippen LogP contribution in [-0.2, 0) is 0 Å². The van der Waals surface area contributed by atoms with Crippen LogP contribution in [0.4, 0.5) is 16.4 Å². The van der Waals surface area contributed by atoms with Crippen LogP contribution in [0, 0.1) is 6.92 Å². The maximum atomic E-state index is 12.7. The Hall–Kier alpha value is -4.40. The fraction of sp³-hybridized carbons (Fsp3) is 0.259. The summed E-state index contributed by atoms with van der Waals surface area (Å²) in [5.41, 5.74) is 5.11. The molecule has 0 spiro atoms. The van der Waals surface area contributed by atoms with Gasteiger partial charge in [0, 0.05) is 37.4 Å². The molecule has 184 valence electrons. The lowest BCUT2D eigenvalue weighted by Crippen LogP contribution is -2.50. The molecule has 36 heavy (non-hydrogen) atoms. The average molecular weight is 485 g/mol. The summed E-state index contributed by atoms with van der Waals surface area (Å²) in [6.07, 6.45) is 1.75. The van der Waals surface area contributed by atoms with Crippen LogP contribution < -0.4 is 19.7 Å². The molecule has 1 aliphatic heterocycles. The summed E-state index contributed by atoms with van der Waals surface area (Å²) in [4.78, 5) is 30.6. The van der Waals surface area contributed by atoms with Gasteiger partial charge in [0.1, 0.15) is 5.52 Å². The number of fused-ring (bicyclic) bond motifs is 1. The van der Waals surface area contributed by atoms with E-state index in [0.717, 1.165) is 28.0 Å². The Morgan fingerprint density at radius 2 is 1.69 bits per heavy atom. The summed E-state index contributed by atoms with van der Waals surface area (Å²) in [5, 5.41) is 2.98. The molecule has 0 saturated carbocycles. The van der Waals surface area contributed by atoms with Gasteiger partial charge in [-0.3, -0.25) is 0 Å². The number of aryl methyl sites for hydroxylation is 1. The Morgan fingerprint density at radius 1 is 0.889 bits per heavy atom. The zero-order valence-corrected chi connectivity index (χ0v) is 20.6. The number of hydrogen-bond acceptors (Lipinski definition) is 7. The van der Waals surface area contributed by atoms with E-state index in [2.05, 4.69) is 15.2 Å². The molecule has 9 heteroatoms. The second kappa shape index (κ2) is 10.1. The molecule has 2 amide bonds. The number of benzene rings is 2. The van der Waals surface area contributed by atoms with Crippen LogP contribution >= 0.6 is 0 Å². The van der Waals surface area contributed by atoms with E-state index in [1.54, 1.807) is 20.4 Å². The summed E-state index contributed by atoms with van der Waals surface area (Å²) in [5.74, 6) is 1.96. The number of piperazine rings is 1. The molecule has 2 aromatic heterocycles. The lowest BCUT2D eigenvalue weighted by molar-refractivity contribution is 0.208. The van der Waals surface area contributed by atoms with Gasteiger partial charge in [0.2, 0.25) is 5.95 Å². The first-order valence-corrected chi connectivity index (χ1v) is 11.8. The number of amides is 2. The van der Waals surface area contributed by atoms with Crippen LogP contribution in [0.5, 0.6) is 11.5 Å². The second-order valence-electron chi connectivity index (χ2n) is 8.61. The van der Waals surface area contributed by atoms with Gasteiger partial charge in [-0.25, -0.2) is 19.7 Å². The van der Waals surface area contributed by atoms with Gasteiger partial charge in [0.15, 0.2) is 11.5 Å². The summed E-state index contributed by atoms with van der Waals surface area (Å²) < 4.78 is 10.7. The van der Waals surface area contributed by atoms with Crippen molar-refractivity contribution in [3.63, 3.8) is 0 Å². The van der Waals surface area contributed by atoms with Gasteiger partial charge in [0.05, 0.1) is 31.6 Å². The van der Waals surface area contributed by atoms with Crippen molar-refractivity contribution in [2.45, 2.75) is 6.92 Å². The minimum absolute atomic E-state index is 0.0911. The third kappa shape index (κ3) is 4.86. The fourth-order valence-electron chi connectivity index (χ4n) is 4.26. The molecule has 5 rings (SSSR count). The third-order valence-electron chi connectivity index (χ3n) is 6.22. The highest BCUT2D eigenvalue weighted by molar-refractivity contribution is 5.89. The average Bonchev–Trinajstić information content (AvgIpc) is 2.92. The highest BCUT2D eigenvalue weighted by Crippen LogP contribution is 2.32. The lowest BCUT2D eigenvalue weighted by atomic mass is 10.1. The molecule has 1 fully saturated rings. The van der Waals surface area contributed by atoms with Crippen molar-refractivity contribution in [3.05, 3.63) is 66.4 Å². The summed E-state index contributed by atoms with van der Waals surface area (Å²) in [7, 11) is 3.22. The zero-order valence-electron chi connectivity index (χ0n) is 20.6. The van der Waals surface area contributed by atoms with Gasteiger partial charge in [0.25, 0.3) is 0 Å². The van der Waals surface area contributed by atoms with E-state index >= 15 is 0 Å². The quantitative estimate of drug-likeness (QED) is 0.450. The molecule has 1 saturated heterocycles. The van der Waals surface area contributed by atoms with Crippen molar-refractivity contribution in [3.8, 4) is 22.8 Å². The van der Waals surface area contributed by atoms with Crippen molar-refractivity contribution in [1.82, 2.24) is 19.9 Å². The van der Waals surface area contributed by atoms with E-state index in [9.17, 15) is 4.79 Å². The molecule has 2 aromatic carbocycles. The number of ether oxygens (including phenoxy) is 2. The van der Waals surface area contributed by atoms with Crippen molar-refractivity contribution in [2.75, 3.05) is 50.6 Å². The monoisotopic (exact) mass is 484 g/mol. The van der Waals surface area contributed by atoms with Gasteiger partial charge >= 0.3 is 6.03 Å². The van der Waals surface area contributed by atoms with Crippen molar-refractivity contribution in [1.29, 1.82) is 0 Å². The molecule has 1 N–H and O–H groups in total. The van der Waals surface area contributed by atoms with E-state index in [4.69, 9.17) is 19.4 Å². The molecule has 9 nitrogen and oxygen atoms in total. The summed E-state index contributed by atoms with van der Waals surface area (Å²) >= 11 is 0. The largest absolute Gasteiger partial charge is 0.493 e. The number of methoxy groups -OCH3 is 2. The number of pyridine rings is 1. The smallest absolute Gasteiger partial charge is 0.321 e. The predicted octanol–water partition coefficient (Wildman–Crippen LogP) is 4.37. The standard InChI is InChI=1S/C27H28N6O3/c1-18-5-4-6-20(15-18)29-27(34)33-13-11-32(12-14-33)26-28-17-23-22(31-26)9-8-21(30-23)19-7-10-24(35-2)25(16-19)36-3/h4-10,15-17H,11-14H2,1-3H3,(H,29,34). The molecule has 0 aliphatic carbocycles. The Balaban J connectivity index is 1.26. The molecule has 0 bridgehead atoms. The van der Waals surface area contributed by atoms with Crippen LogP contribution in [0.3, 0.4) is 0 Å². The Bertz CT molecular complexity index is 1400. The third-order valence-corrected chi connectivity index (χ3v) is 6.22. The van der Waals surface area contributed by atoms with Gasteiger partial charge in [-0.1, -0.05) is 12.1 Å². The maximum absolute atomic E-state index is 12.7. The van der Waals surface area contributed by atoms with Crippen LogP contribution in [0.25, 0.3) is 22.3 Å². The highest BCUT2D eigenvalue weighted by Gasteiger charge is 2.23. The van der Waals surface area contributed by atoms with E-state index in [-0.39, 0.29) is 6.03 Å². The number of hydrogen-bond donors (Lipinski definition) is 1. The van der Waals surface area contributed by atoms with Gasteiger partial charge < -0.3 is 24.6 Å². The minimum Gasteiger partial charge on any atom is -0.493 e. The van der Waals surface area contributed by atoms with E-state index in [1.807, 2.05) is 66.4 Å². The maximum Gasteiger partial charge on any atom is 0.321 e. The number of urea groups is 1. The van der Waals surface area contributed by atoms with Gasteiger partial charge in [-0.05, 0) is 55.0 Å². The molecule has 0 radical (unpaired) electrons. The fourth-order valence-corrected chi connectivity index (χ4v) is 4.26. The minimum atomic E-state index is -0.0911. The zero-order chi connectivity index (χ0) is 25.1. The van der Waals surface area contributed by atoms with Crippen LogP contribution in [-0.4, -0.2) is 66.3 Å². The topological polar surface area (TPSA) is 92.7 Å². The van der Waals surface area contributed by atoms with Crippen LogP contribution in [0.2, 0.25) is 0 Å². The molecule has 0 unspecified atom stereocenters. The number of nitrogens with zero attached hydrogens (tertiary/aromatic N) is 5. The number of nitrogens with one attached hydrogen (secondary N) is 1. The van der Waals surface area contributed by atoms with Gasteiger partial charge in [-0.2, -0.15) is 0 Å². The van der Waals surface area contributed by atoms with E-state index in [0.29, 0.717) is 49.1 Å². The highest BCUT2D eigenvalue weighted by atomic mass is 16.5. The van der Waals surface area contributed by atoms with Crippen molar-refractivity contribution in [2.24, 2.45) is 0 Å². The molecular weight excluding hydrogens is 456 g/mol. The summed E-state index contributed by atoms with van der Waals surface area (Å²) in [6, 6.07) is 17.3. The molecule has 3 heterocycles. The van der Waals surface area contributed by atoms with E-state index in [1.165, 1.54) is 0 Å². The Kier molecular flexibility index (Phi) is 6.53. The number of carbonyl (C=O) groups is 1. The SMILES string of the molecule is COc1ccc(-c2ccc3nc(N4CCN(C(=O)Nc5cccc(C)c5)CC4)ncc3n2)cc1OC. The van der Waals surface area contributed by atoms with Crippen LogP contribution in [0.15, 0.2) is 60.8 Å². The second-order valence-corrected chi connectivity index (χ2v) is 8.61. The summed E-state index contributed by atoms with van der Waals surface area (Å²) in [6.45, 7) is 4.50. The Labute approximate surface area is 209 Å². The first-order chi connectivity index (χ1) is 17.5. The van der Waals surface area contributed by atoms with Gasteiger partial charge in [-0.15, -0.1) is 0 Å². The first-order valence-electron chi connectivity index (χ1n) is 11.8. The number of anilines is 2. The van der Waals surface area contributed by atoms with Crippen molar-refractivity contribution < 1.29 is 14.3 Å².